The molecule has 0 radical (unpaired) electrons. The molecule has 3 unspecified atom stereocenters. The van der Waals surface area contributed by atoms with Crippen molar-refractivity contribution >= 4 is 17.7 Å². The minimum Gasteiger partial charge on any atom is -0.350 e. The van der Waals surface area contributed by atoms with Crippen LogP contribution in [0.3, 0.4) is 0 Å². The Bertz CT molecular complexity index is 1340. The maximum absolute atomic E-state index is 13.9. The summed E-state index contributed by atoms with van der Waals surface area (Å²) in [5, 5.41) is 2.95. The fourth-order valence-corrected chi connectivity index (χ4v) is 7.98. The number of benzene rings is 2. The van der Waals surface area contributed by atoms with Gasteiger partial charge in [0, 0.05) is 44.3 Å². The van der Waals surface area contributed by atoms with E-state index in [0.29, 0.717) is 31.8 Å². The van der Waals surface area contributed by atoms with Crippen molar-refractivity contribution in [2.75, 3.05) is 19.6 Å². The van der Waals surface area contributed by atoms with Gasteiger partial charge >= 0.3 is 0 Å². The second-order valence-corrected chi connectivity index (χ2v) is 13.3. The van der Waals surface area contributed by atoms with E-state index in [1.165, 1.54) is 0 Å². The first-order valence-corrected chi connectivity index (χ1v) is 16.2. The van der Waals surface area contributed by atoms with Crippen LogP contribution in [0.2, 0.25) is 0 Å². The van der Waals surface area contributed by atoms with E-state index in [9.17, 15) is 14.4 Å². The van der Waals surface area contributed by atoms with Gasteiger partial charge in [-0.25, -0.2) is 9.78 Å². The summed E-state index contributed by atoms with van der Waals surface area (Å²) in [5.74, 6) is -1.03. The van der Waals surface area contributed by atoms with Gasteiger partial charge in [0.05, 0.1) is 6.54 Å². The summed E-state index contributed by atoms with van der Waals surface area (Å²) in [6.07, 6.45) is 3.60. The number of nitrogens with one attached hydrogen (secondary N) is 1. The molecule has 44 heavy (non-hydrogen) atoms. The predicted octanol–water partition coefficient (Wildman–Crippen LogP) is 4.46. The highest BCUT2D eigenvalue weighted by Crippen LogP contribution is 2.60. The van der Waals surface area contributed by atoms with Crippen molar-refractivity contribution in [3.8, 4) is 0 Å². The van der Waals surface area contributed by atoms with E-state index in [-0.39, 0.29) is 55.0 Å². The molecule has 4 aliphatic heterocycles. The molecular weight excluding hydrogens is 558 g/mol. The van der Waals surface area contributed by atoms with Gasteiger partial charge in [0.25, 0.3) is 0 Å². The Morgan fingerprint density at radius 3 is 2.39 bits per heavy atom. The van der Waals surface area contributed by atoms with Gasteiger partial charge in [-0.15, -0.1) is 0 Å². The molecule has 7 atom stereocenters. The molecule has 236 valence electrons. The van der Waals surface area contributed by atoms with Crippen LogP contribution in [0.5, 0.6) is 0 Å². The second-order valence-electron chi connectivity index (χ2n) is 13.3. The summed E-state index contributed by atoms with van der Waals surface area (Å²) in [7, 11) is 0. The first kappa shape index (κ1) is 30.7. The normalized spacial score (nSPS) is 32.5. The van der Waals surface area contributed by atoms with Crippen LogP contribution in [0.15, 0.2) is 60.7 Å². The Morgan fingerprint density at radius 1 is 0.955 bits per heavy atom. The first-order valence-electron chi connectivity index (χ1n) is 16.2. The van der Waals surface area contributed by atoms with Crippen molar-refractivity contribution < 1.29 is 28.9 Å². The molecule has 1 aliphatic carbocycles. The Balaban J connectivity index is 1.18. The molecule has 9 heteroatoms. The summed E-state index contributed by atoms with van der Waals surface area (Å²) in [6, 6.07) is 19.6. The van der Waals surface area contributed by atoms with E-state index in [4.69, 9.17) is 14.5 Å². The number of rotatable bonds is 10. The van der Waals surface area contributed by atoms with Crippen molar-refractivity contribution in [3.05, 3.63) is 71.8 Å². The zero-order chi connectivity index (χ0) is 30.9. The maximum atomic E-state index is 13.9. The molecule has 4 heterocycles. The molecule has 1 spiro atoms. The van der Waals surface area contributed by atoms with Crippen LogP contribution in [0, 0.1) is 23.7 Å². The summed E-state index contributed by atoms with van der Waals surface area (Å²) >= 11 is 0. The number of nitrogens with zero attached hydrogens (tertiary/aromatic N) is 2. The third kappa shape index (κ3) is 5.89. The lowest BCUT2D eigenvalue weighted by Crippen LogP contribution is -2.75. The van der Waals surface area contributed by atoms with Crippen LogP contribution < -0.4 is 5.32 Å². The summed E-state index contributed by atoms with van der Waals surface area (Å²) in [6.45, 7) is 7.04. The number of piperidine rings is 1. The third-order valence-corrected chi connectivity index (χ3v) is 10.5. The van der Waals surface area contributed by atoms with Crippen LogP contribution in [0.4, 0.5) is 0 Å². The molecule has 2 bridgehead atoms. The zero-order valence-electron chi connectivity index (χ0n) is 26.1. The van der Waals surface area contributed by atoms with Crippen LogP contribution in [0.1, 0.15) is 64.0 Å². The fourth-order valence-electron chi connectivity index (χ4n) is 7.98. The SMILES string of the molecule is C[C@H]1CCC2[C@@H](C)C(=O)N(CCC(=O)N(CCc3ccccc3)CC(=O)NCc3ccccc3)C3O[C@]4(C)CCC1[C@@]23OO4. The number of fused-ring (bicyclic) bond motifs is 2. The van der Waals surface area contributed by atoms with Crippen molar-refractivity contribution in [1.29, 1.82) is 0 Å². The molecule has 9 nitrogen and oxygen atoms in total. The lowest BCUT2D eigenvalue weighted by atomic mass is 9.57. The number of ether oxygens (including phenoxy) is 1. The van der Waals surface area contributed by atoms with E-state index < -0.39 is 17.6 Å². The molecule has 5 aliphatic rings. The van der Waals surface area contributed by atoms with Gasteiger partial charge in [0.1, 0.15) is 0 Å². The predicted molar refractivity (Wildman–Crippen MR) is 163 cm³/mol. The van der Waals surface area contributed by atoms with E-state index in [0.717, 1.165) is 30.4 Å². The van der Waals surface area contributed by atoms with Crippen molar-refractivity contribution in [3.63, 3.8) is 0 Å². The van der Waals surface area contributed by atoms with Crippen molar-refractivity contribution in [2.45, 2.75) is 83.5 Å². The van der Waals surface area contributed by atoms with Crippen molar-refractivity contribution in [2.24, 2.45) is 23.7 Å². The standard InChI is InChI=1S/C35H45N3O6/c1-24-14-15-29-25(2)32(41)38(33-35(29)28(24)16-19-34(3,42-33)43-44-35)21-18-31(40)37(20-17-26-10-6-4-7-11-26)23-30(39)36-22-27-12-8-5-9-13-27/h4-13,24-25,28-29,33H,14-23H2,1-3H3,(H,36,39)/t24-,25+,28?,29?,33?,34-,35+/m0/s1. The molecule has 7 rings (SSSR count). The monoisotopic (exact) mass is 603 g/mol. The molecule has 1 N–H and O–H groups in total. The van der Waals surface area contributed by atoms with Gasteiger partial charge in [-0.1, -0.05) is 74.5 Å². The molecule has 2 aromatic rings. The smallest absolute Gasteiger partial charge is 0.239 e. The van der Waals surface area contributed by atoms with Crippen LogP contribution >= 0.6 is 0 Å². The molecular formula is C35H45N3O6. The second kappa shape index (κ2) is 12.6. The molecule has 1 saturated carbocycles. The topological polar surface area (TPSA) is 97.4 Å². The Morgan fingerprint density at radius 2 is 1.66 bits per heavy atom. The highest BCUT2D eigenvalue weighted by Gasteiger charge is 2.70. The molecule has 0 aromatic heterocycles. The average Bonchev–Trinajstić information content (AvgIpc) is 3.27. The highest BCUT2D eigenvalue weighted by atomic mass is 17.3. The molecule has 4 saturated heterocycles. The first-order chi connectivity index (χ1) is 21.2. The highest BCUT2D eigenvalue weighted by molar-refractivity contribution is 5.86. The Hall–Kier alpha value is -3.27. The van der Waals surface area contributed by atoms with Gasteiger partial charge in [0.2, 0.25) is 23.5 Å². The van der Waals surface area contributed by atoms with Crippen molar-refractivity contribution in [1.82, 2.24) is 15.1 Å². The van der Waals surface area contributed by atoms with E-state index in [1.54, 1.807) is 9.80 Å². The summed E-state index contributed by atoms with van der Waals surface area (Å²) in [4.78, 5) is 56.4. The van der Waals surface area contributed by atoms with Gasteiger partial charge in [0.15, 0.2) is 11.8 Å². The third-order valence-electron chi connectivity index (χ3n) is 10.5. The largest absolute Gasteiger partial charge is 0.350 e. The number of likely N-dealkylation sites (tertiary alicyclic amines) is 1. The van der Waals surface area contributed by atoms with E-state index in [1.807, 2.05) is 74.5 Å². The number of hydrogen-bond acceptors (Lipinski definition) is 6. The number of carbonyl (C=O) groups is 3. The van der Waals surface area contributed by atoms with Crippen LogP contribution in [-0.2, 0) is 41.9 Å². The number of hydrogen-bond donors (Lipinski definition) is 1. The van der Waals surface area contributed by atoms with Gasteiger partial charge in [-0.2, -0.15) is 0 Å². The lowest BCUT2D eigenvalue weighted by Gasteiger charge is -2.61. The number of carbonyl (C=O) groups excluding carboxylic acids is 3. The quantitative estimate of drug-likeness (QED) is 0.403. The minimum absolute atomic E-state index is 0.00789. The molecule has 3 amide bonds. The van der Waals surface area contributed by atoms with Crippen LogP contribution in [0.25, 0.3) is 0 Å². The summed E-state index contributed by atoms with van der Waals surface area (Å²) < 4.78 is 6.61. The number of amides is 3. The average molecular weight is 604 g/mol. The fraction of sp³-hybridized carbons (Fsp3) is 0.571. The van der Waals surface area contributed by atoms with Crippen LogP contribution in [-0.4, -0.2) is 64.8 Å². The molecule has 5 fully saturated rings. The Labute approximate surface area is 260 Å². The summed E-state index contributed by atoms with van der Waals surface area (Å²) in [5.41, 5.74) is 1.33. The minimum atomic E-state index is -0.945. The van der Waals surface area contributed by atoms with Gasteiger partial charge in [-0.05, 0) is 55.6 Å². The van der Waals surface area contributed by atoms with Gasteiger partial charge in [-0.3, -0.25) is 14.4 Å². The van der Waals surface area contributed by atoms with E-state index in [2.05, 4.69) is 12.2 Å². The van der Waals surface area contributed by atoms with Gasteiger partial charge < -0.3 is 19.9 Å². The lowest BCUT2D eigenvalue weighted by molar-refractivity contribution is -0.547. The molecule has 2 aromatic carbocycles. The maximum Gasteiger partial charge on any atom is 0.239 e. The Kier molecular flexibility index (Phi) is 8.81. The van der Waals surface area contributed by atoms with E-state index >= 15 is 0 Å². The zero-order valence-corrected chi connectivity index (χ0v) is 26.1.